The van der Waals surface area contributed by atoms with Gasteiger partial charge in [0.2, 0.25) is 0 Å². The number of pyridine rings is 1. The number of likely N-dealkylation sites (N-methyl/N-ethyl adjacent to an activating group) is 1. The average molecular weight is 439 g/mol. The zero-order valence-electron chi connectivity index (χ0n) is 17.9. The highest BCUT2D eigenvalue weighted by Crippen LogP contribution is 2.32. The zero-order valence-corrected chi connectivity index (χ0v) is 17.9. The number of hydrogen-bond donors (Lipinski definition) is 2. The molecule has 1 amide bonds. The topological polar surface area (TPSA) is 79.5 Å². The Morgan fingerprint density at radius 1 is 1.22 bits per heavy atom. The van der Waals surface area contributed by atoms with Gasteiger partial charge in [0.15, 0.2) is 11.5 Å². The van der Waals surface area contributed by atoms with Crippen molar-refractivity contribution in [3.05, 3.63) is 53.9 Å². The predicted molar refractivity (Wildman–Crippen MR) is 119 cm³/mol. The fourth-order valence-electron chi connectivity index (χ4n) is 4.34. The minimum absolute atomic E-state index is 0.202. The quantitative estimate of drug-likeness (QED) is 0.511. The Kier molecular flexibility index (Phi) is 4.81. The van der Waals surface area contributed by atoms with Crippen molar-refractivity contribution in [1.29, 1.82) is 0 Å². The van der Waals surface area contributed by atoms with E-state index in [4.69, 9.17) is 0 Å². The van der Waals surface area contributed by atoms with E-state index in [2.05, 4.69) is 20.7 Å². The van der Waals surface area contributed by atoms with Crippen LogP contribution in [0.5, 0.6) is 0 Å². The van der Waals surface area contributed by atoms with Crippen LogP contribution in [-0.4, -0.2) is 57.4 Å². The molecule has 3 aromatic heterocycles. The van der Waals surface area contributed by atoms with Gasteiger partial charge in [-0.15, -0.1) is 0 Å². The highest BCUT2D eigenvalue weighted by atomic mass is 19.1. The van der Waals surface area contributed by atoms with Crippen LogP contribution in [0.25, 0.3) is 16.6 Å². The second-order valence-corrected chi connectivity index (χ2v) is 8.16. The van der Waals surface area contributed by atoms with Crippen LogP contribution in [0, 0.1) is 12.7 Å². The number of rotatable bonds is 4. The van der Waals surface area contributed by atoms with Gasteiger partial charge in [0.1, 0.15) is 11.7 Å². The Bertz CT molecular complexity index is 1350. The lowest BCUT2D eigenvalue weighted by Crippen LogP contribution is -2.34. The van der Waals surface area contributed by atoms with E-state index in [-0.39, 0.29) is 18.2 Å². The molecule has 2 N–H and O–H groups in total. The summed E-state index contributed by atoms with van der Waals surface area (Å²) in [6, 6.07) is 4.48. The first kappa shape index (κ1) is 20.4. The van der Waals surface area contributed by atoms with E-state index in [1.165, 1.54) is 6.07 Å². The van der Waals surface area contributed by atoms with E-state index in [0.29, 0.717) is 29.0 Å². The molecule has 0 radical (unpaired) electrons. The van der Waals surface area contributed by atoms with Crippen LogP contribution >= 0.6 is 0 Å². The number of benzene rings is 1. The van der Waals surface area contributed by atoms with Crippen molar-refractivity contribution in [3.8, 4) is 0 Å². The second kappa shape index (κ2) is 7.56. The van der Waals surface area contributed by atoms with Crippen molar-refractivity contribution in [2.24, 2.45) is 7.05 Å². The van der Waals surface area contributed by atoms with E-state index in [9.17, 15) is 13.6 Å². The van der Waals surface area contributed by atoms with Gasteiger partial charge in [0, 0.05) is 49.3 Å². The summed E-state index contributed by atoms with van der Waals surface area (Å²) in [5.74, 6) is -0.933. The number of halogens is 2. The molecule has 0 bridgehead atoms. The maximum atomic E-state index is 14.4. The minimum atomic E-state index is -0.980. The number of amides is 1. The van der Waals surface area contributed by atoms with Gasteiger partial charge < -0.3 is 19.9 Å². The van der Waals surface area contributed by atoms with Crippen molar-refractivity contribution in [2.45, 2.75) is 19.1 Å². The number of imidazole rings is 1. The van der Waals surface area contributed by atoms with Gasteiger partial charge in [-0.05, 0) is 26.1 Å². The molecule has 0 saturated carbocycles. The number of nitrogens with one attached hydrogen (secondary N) is 2. The first-order valence-electron chi connectivity index (χ1n) is 10.3. The summed E-state index contributed by atoms with van der Waals surface area (Å²) >= 11 is 0. The SMILES string of the molecule is CNC1CN(c2ccc(C(=O)Nc3cc(F)c4nc(C)cn4c3)c3nn(C)cc23)CC1F. The molecule has 32 heavy (non-hydrogen) atoms. The molecule has 10 heteroatoms. The molecular formula is C22H23F2N7O. The van der Waals surface area contributed by atoms with Gasteiger partial charge in [0.25, 0.3) is 5.91 Å². The van der Waals surface area contributed by atoms with Crippen molar-refractivity contribution < 1.29 is 13.6 Å². The summed E-state index contributed by atoms with van der Waals surface area (Å²) in [6.45, 7) is 2.57. The monoisotopic (exact) mass is 439 g/mol. The number of anilines is 2. The third kappa shape index (κ3) is 3.36. The van der Waals surface area contributed by atoms with E-state index in [1.807, 2.05) is 17.2 Å². The Labute approximate surface area is 182 Å². The molecule has 4 heterocycles. The van der Waals surface area contributed by atoms with Crippen LogP contribution < -0.4 is 15.5 Å². The normalized spacial score (nSPS) is 18.7. The molecule has 4 aromatic rings. The van der Waals surface area contributed by atoms with E-state index in [1.54, 1.807) is 48.6 Å². The van der Waals surface area contributed by atoms with Gasteiger partial charge in [-0.3, -0.25) is 9.48 Å². The van der Waals surface area contributed by atoms with Gasteiger partial charge in [-0.25, -0.2) is 13.8 Å². The highest BCUT2D eigenvalue weighted by molar-refractivity contribution is 6.13. The zero-order chi connectivity index (χ0) is 22.6. The minimum Gasteiger partial charge on any atom is -0.366 e. The maximum absolute atomic E-state index is 14.4. The lowest BCUT2D eigenvalue weighted by Gasteiger charge is -2.19. The summed E-state index contributed by atoms with van der Waals surface area (Å²) in [6.07, 6.45) is 4.14. The average Bonchev–Trinajstić information content (AvgIpc) is 3.42. The summed E-state index contributed by atoms with van der Waals surface area (Å²) in [7, 11) is 3.52. The standard InChI is InChI=1S/C22H23F2N7O/c1-12-7-31-8-13(6-16(23)21(31)26-12)27-22(32)14-4-5-19(15-9-29(3)28-20(14)15)30-10-17(24)18(11-30)25-2/h4-9,17-18,25H,10-11H2,1-3H3,(H,27,32). The number of carbonyl (C=O) groups excluding carboxylic acids is 1. The van der Waals surface area contributed by atoms with E-state index in [0.717, 1.165) is 11.1 Å². The van der Waals surface area contributed by atoms with Crippen LogP contribution in [0.3, 0.4) is 0 Å². The summed E-state index contributed by atoms with van der Waals surface area (Å²) in [4.78, 5) is 19.2. The molecule has 1 aromatic carbocycles. The number of carbonyl (C=O) groups is 1. The van der Waals surface area contributed by atoms with Crippen LogP contribution in [0.15, 0.2) is 36.8 Å². The van der Waals surface area contributed by atoms with Crippen molar-refractivity contribution in [2.75, 3.05) is 30.4 Å². The first-order chi connectivity index (χ1) is 15.3. The second-order valence-electron chi connectivity index (χ2n) is 8.16. The molecule has 1 aliphatic heterocycles. The summed E-state index contributed by atoms with van der Waals surface area (Å²) in [5, 5.41) is 11.0. The van der Waals surface area contributed by atoms with Crippen LogP contribution in [0.4, 0.5) is 20.2 Å². The van der Waals surface area contributed by atoms with Crippen LogP contribution in [0.2, 0.25) is 0 Å². The van der Waals surface area contributed by atoms with E-state index < -0.39 is 17.9 Å². The number of hydrogen-bond acceptors (Lipinski definition) is 5. The van der Waals surface area contributed by atoms with Gasteiger partial charge in [-0.2, -0.15) is 5.10 Å². The summed E-state index contributed by atoms with van der Waals surface area (Å²) in [5.41, 5.74) is 2.87. The number of aryl methyl sites for hydroxylation is 2. The lowest BCUT2D eigenvalue weighted by atomic mass is 10.1. The molecule has 166 valence electrons. The Morgan fingerprint density at radius 3 is 2.78 bits per heavy atom. The van der Waals surface area contributed by atoms with Crippen LogP contribution in [0.1, 0.15) is 16.1 Å². The third-order valence-electron chi connectivity index (χ3n) is 5.86. The molecule has 1 fully saturated rings. The number of fused-ring (bicyclic) bond motifs is 2. The Morgan fingerprint density at radius 2 is 2.03 bits per heavy atom. The lowest BCUT2D eigenvalue weighted by molar-refractivity contribution is 0.102. The number of nitrogens with zero attached hydrogens (tertiary/aromatic N) is 5. The smallest absolute Gasteiger partial charge is 0.257 e. The van der Waals surface area contributed by atoms with Crippen LogP contribution in [-0.2, 0) is 7.05 Å². The largest absolute Gasteiger partial charge is 0.366 e. The Balaban J connectivity index is 1.49. The van der Waals surface area contributed by atoms with Gasteiger partial charge >= 0.3 is 0 Å². The molecular weight excluding hydrogens is 416 g/mol. The molecule has 2 atom stereocenters. The Hall–Kier alpha value is -3.53. The molecule has 1 saturated heterocycles. The van der Waals surface area contributed by atoms with Crippen molar-refractivity contribution >= 4 is 33.8 Å². The molecule has 0 aliphatic carbocycles. The van der Waals surface area contributed by atoms with Crippen molar-refractivity contribution in [3.63, 3.8) is 0 Å². The van der Waals surface area contributed by atoms with Gasteiger partial charge in [-0.1, -0.05) is 0 Å². The molecule has 1 aliphatic rings. The fourth-order valence-corrected chi connectivity index (χ4v) is 4.34. The molecule has 8 nitrogen and oxygen atoms in total. The molecule has 5 rings (SSSR count). The molecule has 2 unspecified atom stereocenters. The fraction of sp³-hybridized carbons (Fsp3) is 0.318. The van der Waals surface area contributed by atoms with E-state index >= 15 is 0 Å². The molecule has 0 spiro atoms. The first-order valence-corrected chi connectivity index (χ1v) is 10.3. The highest BCUT2D eigenvalue weighted by Gasteiger charge is 2.33. The van der Waals surface area contributed by atoms with Crippen molar-refractivity contribution in [1.82, 2.24) is 24.5 Å². The maximum Gasteiger partial charge on any atom is 0.257 e. The number of aromatic nitrogens is 4. The summed E-state index contributed by atoms with van der Waals surface area (Å²) < 4.78 is 31.9. The number of alkyl halides is 1. The van der Waals surface area contributed by atoms with Gasteiger partial charge in [0.05, 0.1) is 29.5 Å². The predicted octanol–water partition coefficient (Wildman–Crippen LogP) is 2.67. The third-order valence-corrected chi connectivity index (χ3v) is 5.86.